The van der Waals surface area contributed by atoms with Crippen LogP contribution < -0.4 is 19.9 Å². The first-order chi connectivity index (χ1) is 18.4. The predicted molar refractivity (Wildman–Crippen MR) is 155 cm³/mol. The molecule has 38 heavy (non-hydrogen) atoms. The van der Waals surface area contributed by atoms with E-state index in [1.165, 1.54) is 11.8 Å². The Hall–Kier alpha value is -3.37. The largest absolute Gasteiger partial charge is 0.493 e. The van der Waals surface area contributed by atoms with Crippen molar-refractivity contribution in [3.8, 4) is 11.5 Å². The number of carbonyl (C=O) groups excluding carboxylic acids is 1. The summed E-state index contributed by atoms with van der Waals surface area (Å²) >= 11 is 6.80. The number of benzene rings is 1. The van der Waals surface area contributed by atoms with E-state index in [0.29, 0.717) is 50.7 Å². The average molecular weight is 551 g/mol. The van der Waals surface area contributed by atoms with Crippen LogP contribution in [0, 0.1) is 6.92 Å². The lowest BCUT2D eigenvalue weighted by atomic mass is 10.1. The molecule has 2 aliphatic rings. The number of aromatic nitrogens is 2. The number of rotatable bonds is 7. The van der Waals surface area contributed by atoms with Crippen molar-refractivity contribution in [3.05, 3.63) is 68.5 Å². The van der Waals surface area contributed by atoms with Gasteiger partial charge in [0.15, 0.2) is 11.5 Å². The molecular weight excluding hydrogens is 520 g/mol. The molecule has 0 spiro atoms. The van der Waals surface area contributed by atoms with Gasteiger partial charge in [-0.2, -0.15) is 0 Å². The third-order valence-electron chi connectivity index (χ3n) is 6.86. The van der Waals surface area contributed by atoms with Crippen molar-refractivity contribution in [2.75, 3.05) is 38.8 Å². The highest BCUT2D eigenvalue weighted by Crippen LogP contribution is 2.34. The summed E-state index contributed by atoms with van der Waals surface area (Å²) in [6.07, 6.45) is 7.33. The molecule has 1 aromatic carbocycles. The Morgan fingerprint density at radius 3 is 2.55 bits per heavy atom. The SMILES string of the molecule is COc1ccc(CCN2C(=O)/C(=C\c3c(N4CCCCC4)nc4ccc(C)cn4c3=O)SC2=S)cc1OC. The maximum absolute atomic E-state index is 13.7. The summed E-state index contributed by atoms with van der Waals surface area (Å²) in [6.45, 7) is 4.03. The van der Waals surface area contributed by atoms with Crippen LogP contribution in [0.15, 0.2) is 46.2 Å². The second-order valence-corrected chi connectivity index (χ2v) is 11.1. The molecule has 0 radical (unpaired) electrons. The molecule has 1 amide bonds. The molecule has 2 fully saturated rings. The van der Waals surface area contributed by atoms with Crippen LogP contribution in [0.2, 0.25) is 0 Å². The van der Waals surface area contributed by atoms with Crippen LogP contribution in [0.1, 0.15) is 36.0 Å². The number of carbonyl (C=O) groups is 1. The zero-order chi connectivity index (χ0) is 26.8. The Morgan fingerprint density at radius 1 is 1.05 bits per heavy atom. The molecule has 2 aliphatic heterocycles. The van der Waals surface area contributed by atoms with Crippen molar-refractivity contribution in [2.24, 2.45) is 0 Å². The van der Waals surface area contributed by atoms with Gasteiger partial charge >= 0.3 is 0 Å². The highest BCUT2D eigenvalue weighted by atomic mass is 32.2. The van der Waals surface area contributed by atoms with Gasteiger partial charge in [-0.05, 0) is 68.0 Å². The lowest BCUT2D eigenvalue weighted by Crippen LogP contribution is -2.33. The Labute approximate surface area is 231 Å². The number of anilines is 1. The predicted octanol–water partition coefficient (Wildman–Crippen LogP) is 4.45. The number of methoxy groups -OCH3 is 2. The summed E-state index contributed by atoms with van der Waals surface area (Å²) in [5.74, 6) is 1.73. The number of hydrogen-bond donors (Lipinski definition) is 0. The highest BCUT2D eigenvalue weighted by molar-refractivity contribution is 8.26. The number of aryl methyl sites for hydroxylation is 1. The van der Waals surface area contributed by atoms with Crippen LogP contribution in [-0.4, -0.2) is 58.4 Å². The summed E-state index contributed by atoms with van der Waals surface area (Å²) in [4.78, 5) is 36.2. The Kier molecular flexibility index (Phi) is 7.71. The van der Waals surface area contributed by atoms with Crippen LogP contribution in [-0.2, 0) is 11.2 Å². The summed E-state index contributed by atoms with van der Waals surface area (Å²) < 4.78 is 12.8. The molecule has 0 aliphatic carbocycles. The monoisotopic (exact) mass is 550 g/mol. The lowest BCUT2D eigenvalue weighted by molar-refractivity contribution is -0.122. The van der Waals surface area contributed by atoms with Gasteiger partial charge < -0.3 is 14.4 Å². The first-order valence-corrected chi connectivity index (χ1v) is 13.9. The van der Waals surface area contributed by atoms with Crippen molar-refractivity contribution in [2.45, 2.75) is 32.6 Å². The maximum Gasteiger partial charge on any atom is 0.267 e. The lowest BCUT2D eigenvalue weighted by Gasteiger charge is -2.29. The molecule has 8 nitrogen and oxygen atoms in total. The number of piperidine rings is 1. The van der Waals surface area contributed by atoms with E-state index in [9.17, 15) is 9.59 Å². The molecule has 0 bridgehead atoms. The Bertz CT molecular complexity index is 1490. The fourth-order valence-corrected chi connectivity index (χ4v) is 6.11. The van der Waals surface area contributed by atoms with E-state index >= 15 is 0 Å². The molecule has 2 aromatic heterocycles. The van der Waals surface area contributed by atoms with Crippen molar-refractivity contribution in [1.82, 2.24) is 14.3 Å². The van der Waals surface area contributed by atoms with Crippen LogP contribution in [0.4, 0.5) is 5.82 Å². The second-order valence-electron chi connectivity index (χ2n) is 9.41. The Balaban J connectivity index is 1.46. The van der Waals surface area contributed by atoms with E-state index in [1.54, 1.807) is 35.8 Å². The quantitative estimate of drug-likeness (QED) is 0.316. The number of amides is 1. The zero-order valence-electron chi connectivity index (χ0n) is 21.7. The molecule has 5 rings (SSSR count). The van der Waals surface area contributed by atoms with Gasteiger partial charge in [0.05, 0.1) is 24.7 Å². The van der Waals surface area contributed by atoms with Crippen LogP contribution in [0.25, 0.3) is 11.7 Å². The molecule has 0 atom stereocenters. The van der Waals surface area contributed by atoms with Crippen LogP contribution in [0.5, 0.6) is 11.5 Å². The van der Waals surface area contributed by atoms with Crippen molar-refractivity contribution in [3.63, 3.8) is 0 Å². The number of nitrogens with zero attached hydrogens (tertiary/aromatic N) is 4. The van der Waals surface area contributed by atoms with Gasteiger partial charge in [0.2, 0.25) is 0 Å². The second kappa shape index (κ2) is 11.2. The van der Waals surface area contributed by atoms with Gasteiger partial charge in [-0.3, -0.25) is 18.9 Å². The van der Waals surface area contributed by atoms with E-state index in [-0.39, 0.29) is 11.5 Å². The summed E-state index contributed by atoms with van der Waals surface area (Å²) in [6, 6.07) is 9.51. The van der Waals surface area contributed by atoms with Gasteiger partial charge in [0.1, 0.15) is 15.8 Å². The third-order valence-corrected chi connectivity index (χ3v) is 8.24. The molecule has 3 aromatic rings. The van der Waals surface area contributed by atoms with Gasteiger partial charge in [0, 0.05) is 25.8 Å². The molecule has 2 saturated heterocycles. The molecule has 198 valence electrons. The van der Waals surface area contributed by atoms with Crippen molar-refractivity contribution < 1.29 is 14.3 Å². The molecular formula is C28H30N4O4S2. The smallest absolute Gasteiger partial charge is 0.267 e. The van der Waals surface area contributed by atoms with Gasteiger partial charge in [0.25, 0.3) is 11.5 Å². The van der Waals surface area contributed by atoms with Crippen molar-refractivity contribution in [1.29, 1.82) is 0 Å². The first kappa shape index (κ1) is 26.2. The van der Waals surface area contributed by atoms with E-state index in [2.05, 4.69) is 4.90 Å². The molecule has 4 heterocycles. The van der Waals surface area contributed by atoms with E-state index in [1.807, 2.05) is 37.3 Å². The van der Waals surface area contributed by atoms with Crippen molar-refractivity contribution >= 4 is 51.7 Å². The third kappa shape index (κ3) is 5.15. The first-order valence-electron chi connectivity index (χ1n) is 12.6. The molecule has 0 N–H and O–H groups in total. The minimum absolute atomic E-state index is 0.185. The Morgan fingerprint density at radius 2 is 1.82 bits per heavy atom. The molecule has 0 unspecified atom stereocenters. The number of ether oxygens (including phenoxy) is 2. The maximum atomic E-state index is 13.7. The number of thioether (sulfide) groups is 1. The summed E-state index contributed by atoms with van der Waals surface area (Å²) in [7, 11) is 3.19. The zero-order valence-corrected chi connectivity index (χ0v) is 23.4. The fourth-order valence-electron chi connectivity index (χ4n) is 4.82. The minimum Gasteiger partial charge on any atom is -0.493 e. The van der Waals surface area contributed by atoms with Crippen LogP contribution >= 0.6 is 24.0 Å². The average Bonchev–Trinajstić information content (AvgIpc) is 3.20. The number of fused-ring (bicyclic) bond motifs is 1. The molecule has 10 heteroatoms. The highest BCUT2D eigenvalue weighted by Gasteiger charge is 2.33. The van der Waals surface area contributed by atoms with Crippen LogP contribution in [0.3, 0.4) is 0 Å². The molecule has 0 saturated carbocycles. The normalized spacial score (nSPS) is 17.1. The van der Waals surface area contributed by atoms with Gasteiger partial charge in [-0.1, -0.05) is 36.1 Å². The van der Waals surface area contributed by atoms with Gasteiger partial charge in [-0.25, -0.2) is 4.98 Å². The van der Waals surface area contributed by atoms with E-state index < -0.39 is 0 Å². The van der Waals surface area contributed by atoms with Gasteiger partial charge in [-0.15, -0.1) is 0 Å². The summed E-state index contributed by atoms with van der Waals surface area (Å²) in [5, 5.41) is 0. The minimum atomic E-state index is -0.196. The standard InChI is InChI=1S/C28H30N4O4S2/c1-18-7-10-24-29-25(30-12-5-4-6-13-30)20(26(33)32(24)17-18)16-23-27(34)31(28(37)38-23)14-11-19-8-9-21(35-2)22(15-19)36-3/h7-10,15-17H,4-6,11-14H2,1-3H3/b23-16+. The number of pyridine rings is 1. The fraction of sp³-hybridized carbons (Fsp3) is 0.357. The topological polar surface area (TPSA) is 76.4 Å². The number of thiocarbonyl (C=S) groups is 1. The number of hydrogen-bond acceptors (Lipinski definition) is 8. The summed E-state index contributed by atoms with van der Waals surface area (Å²) in [5.41, 5.74) is 2.80. The van der Waals surface area contributed by atoms with E-state index in [4.69, 9.17) is 26.7 Å². The van der Waals surface area contributed by atoms with E-state index in [0.717, 1.165) is 43.5 Å².